The molecule has 1 aromatic carbocycles. The molecule has 1 aliphatic rings. The summed E-state index contributed by atoms with van der Waals surface area (Å²) in [6, 6.07) is 10.6. The molecule has 0 heterocycles. The first kappa shape index (κ1) is 11.5. The predicted molar refractivity (Wildman–Crippen MR) is 62.8 cm³/mol. The quantitative estimate of drug-likeness (QED) is 0.800. The van der Waals surface area contributed by atoms with Gasteiger partial charge >= 0.3 is 0 Å². The van der Waals surface area contributed by atoms with Crippen molar-refractivity contribution in [2.24, 2.45) is 5.73 Å². The lowest BCUT2D eigenvalue weighted by atomic mass is 9.90. The first-order valence-corrected chi connectivity index (χ1v) is 5.11. The van der Waals surface area contributed by atoms with Crippen molar-refractivity contribution in [3.63, 3.8) is 0 Å². The van der Waals surface area contributed by atoms with Crippen molar-refractivity contribution in [3.8, 4) is 0 Å². The summed E-state index contributed by atoms with van der Waals surface area (Å²) in [5.41, 5.74) is 7.77. The second-order valence-electron chi connectivity index (χ2n) is 4.23. The zero-order valence-corrected chi connectivity index (χ0v) is 9.22. The van der Waals surface area contributed by atoms with Crippen molar-refractivity contribution in [2.45, 2.75) is 37.6 Å². The van der Waals surface area contributed by atoms with Gasteiger partial charge in [0.1, 0.15) is 0 Å². The van der Waals surface area contributed by atoms with Crippen LogP contribution in [-0.2, 0) is 6.42 Å². The lowest BCUT2D eigenvalue weighted by Gasteiger charge is -2.23. The summed E-state index contributed by atoms with van der Waals surface area (Å²) in [5.74, 6) is 0. The first-order valence-electron chi connectivity index (χ1n) is 5.11. The van der Waals surface area contributed by atoms with Gasteiger partial charge in [0.2, 0.25) is 0 Å². The smallest absolute Gasteiger partial charge is 0.0195 e. The molecule has 1 aliphatic carbocycles. The van der Waals surface area contributed by atoms with Crippen LogP contribution in [-0.4, -0.2) is 5.54 Å². The average Bonchev–Trinajstić information content (AvgIpc) is 2.54. The summed E-state index contributed by atoms with van der Waals surface area (Å²) < 4.78 is 0. The van der Waals surface area contributed by atoms with Gasteiger partial charge in [-0.3, -0.25) is 0 Å². The topological polar surface area (TPSA) is 26.0 Å². The van der Waals surface area contributed by atoms with Gasteiger partial charge in [-0.1, -0.05) is 43.2 Å². The average molecular weight is 212 g/mol. The monoisotopic (exact) mass is 211 g/mol. The molecule has 0 atom stereocenters. The van der Waals surface area contributed by atoms with Crippen molar-refractivity contribution < 1.29 is 0 Å². The normalized spacial score (nSPS) is 18.9. The molecule has 0 amide bonds. The summed E-state index contributed by atoms with van der Waals surface area (Å²) >= 11 is 0. The zero-order valence-electron chi connectivity index (χ0n) is 8.41. The largest absolute Gasteiger partial charge is 0.325 e. The minimum Gasteiger partial charge on any atom is -0.325 e. The molecule has 0 unspecified atom stereocenters. The third kappa shape index (κ3) is 2.73. The molecular weight excluding hydrogens is 194 g/mol. The van der Waals surface area contributed by atoms with Crippen LogP contribution in [0.2, 0.25) is 0 Å². The highest BCUT2D eigenvalue weighted by molar-refractivity contribution is 5.85. The van der Waals surface area contributed by atoms with Gasteiger partial charge in [-0.25, -0.2) is 0 Å². The van der Waals surface area contributed by atoms with Crippen LogP contribution >= 0.6 is 12.4 Å². The molecule has 0 radical (unpaired) electrons. The number of nitrogens with two attached hydrogens (primary N) is 1. The maximum Gasteiger partial charge on any atom is 0.0195 e. The van der Waals surface area contributed by atoms with Gasteiger partial charge < -0.3 is 5.73 Å². The van der Waals surface area contributed by atoms with E-state index in [4.69, 9.17) is 5.73 Å². The van der Waals surface area contributed by atoms with E-state index in [1.54, 1.807) is 0 Å². The minimum absolute atomic E-state index is 0. The maximum absolute atomic E-state index is 6.29. The van der Waals surface area contributed by atoms with Gasteiger partial charge in [0.15, 0.2) is 0 Å². The predicted octanol–water partition coefficient (Wildman–Crippen LogP) is 2.92. The van der Waals surface area contributed by atoms with Crippen molar-refractivity contribution in [1.29, 1.82) is 0 Å². The standard InChI is InChI=1S/C12H17N.ClH/c13-12(8-4-5-9-12)10-11-6-2-1-3-7-11;/h1-3,6-7H,4-5,8-10,13H2;1H. The number of rotatable bonds is 2. The molecule has 2 heteroatoms. The van der Waals surface area contributed by atoms with E-state index in [-0.39, 0.29) is 17.9 Å². The lowest BCUT2D eigenvalue weighted by Crippen LogP contribution is -2.38. The third-order valence-electron chi connectivity index (χ3n) is 3.00. The molecule has 0 aromatic heterocycles. The Morgan fingerprint density at radius 2 is 1.64 bits per heavy atom. The fourth-order valence-corrected chi connectivity index (χ4v) is 2.26. The van der Waals surface area contributed by atoms with E-state index in [2.05, 4.69) is 30.3 Å². The van der Waals surface area contributed by atoms with Crippen molar-refractivity contribution in [1.82, 2.24) is 0 Å². The maximum atomic E-state index is 6.29. The number of hydrogen-bond donors (Lipinski definition) is 1. The highest BCUT2D eigenvalue weighted by Crippen LogP contribution is 2.30. The van der Waals surface area contributed by atoms with Crippen LogP contribution in [0.15, 0.2) is 30.3 Å². The highest BCUT2D eigenvalue weighted by atomic mass is 35.5. The molecule has 0 bridgehead atoms. The molecule has 2 rings (SSSR count). The van der Waals surface area contributed by atoms with Crippen LogP contribution in [0, 0.1) is 0 Å². The van der Waals surface area contributed by atoms with Gasteiger partial charge in [-0.15, -0.1) is 12.4 Å². The molecule has 78 valence electrons. The Labute approximate surface area is 92.1 Å². The molecule has 14 heavy (non-hydrogen) atoms. The van der Waals surface area contributed by atoms with Gasteiger partial charge in [-0.05, 0) is 24.8 Å². The number of hydrogen-bond acceptors (Lipinski definition) is 1. The van der Waals surface area contributed by atoms with Gasteiger partial charge in [0.05, 0.1) is 0 Å². The summed E-state index contributed by atoms with van der Waals surface area (Å²) in [5, 5.41) is 0. The van der Waals surface area contributed by atoms with E-state index in [1.165, 1.54) is 31.2 Å². The van der Waals surface area contributed by atoms with Crippen molar-refractivity contribution >= 4 is 12.4 Å². The Morgan fingerprint density at radius 1 is 1.07 bits per heavy atom. The highest BCUT2D eigenvalue weighted by Gasteiger charge is 2.28. The van der Waals surface area contributed by atoms with E-state index < -0.39 is 0 Å². The van der Waals surface area contributed by atoms with E-state index in [0.29, 0.717) is 0 Å². The molecule has 1 fully saturated rings. The second-order valence-corrected chi connectivity index (χ2v) is 4.23. The molecule has 0 aliphatic heterocycles. The van der Waals surface area contributed by atoms with Gasteiger partial charge in [-0.2, -0.15) is 0 Å². The summed E-state index contributed by atoms with van der Waals surface area (Å²) in [4.78, 5) is 0. The molecule has 0 spiro atoms. The fourth-order valence-electron chi connectivity index (χ4n) is 2.26. The van der Waals surface area contributed by atoms with Gasteiger partial charge in [0, 0.05) is 5.54 Å². The minimum atomic E-state index is 0. The molecule has 0 saturated heterocycles. The Morgan fingerprint density at radius 3 is 2.21 bits per heavy atom. The van der Waals surface area contributed by atoms with E-state index in [1.807, 2.05) is 0 Å². The summed E-state index contributed by atoms with van der Waals surface area (Å²) in [7, 11) is 0. The zero-order chi connectivity index (χ0) is 9.15. The SMILES string of the molecule is Cl.NC1(Cc2ccccc2)CCCC1. The van der Waals surface area contributed by atoms with Crippen LogP contribution in [0.4, 0.5) is 0 Å². The first-order chi connectivity index (χ1) is 6.29. The Bertz CT molecular complexity index is 265. The fraction of sp³-hybridized carbons (Fsp3) is 0.500. The molecular formula is C12H18ClN. The Hall–Kier alpha value is -0.530. The van der Waals surface area contributed by atoms with Crippen LogP contribution in [0.3, 0.4) is 0 Å². The Balaban J connectivity index is 0.000000980. The summed E-state index contributed by atoms with van der Waals surface area (Å²) in [6.45, 7) is 0. The summed E-state index contributed by atoms with van der Waals surface area (Å²) in [6.07, 6.45) is 6.06. The molecule has 2 N–H and O–H groups in total. The van der Waals surface area contributed by atoms with E-state index >= 15 is 0 Å². The van der Waals surface area contributed by atoms with Crippen molar-refractivity contribution in [2.75, 3.05) is 0 Å². The van der Waals surface area contributed by atoms with Crippen LogP contribution in [0.1, 0.15) is 31.2 Å². The van der Waals surface area contributed by atoms with E-state index in [0.717, 1.165) is 6.42 Å². The third-order valence-corrected chi connectivity index (χ3v) is 3.00. The van der Waals surface area contributed by atoms with Crippen LogP contribution < -0.4 is 5.73 Å². The number of halogens is 1. The lowest BCUT2D eigenvalue weighted by molar-refractivity contribution is 0.436. The molecule has 1 saturated carbocycles. The van der Waals surface area contributed by atoms with Crippen molar-refractivity contribution in [3.05, 3.63) is 35.9 Å². The van der Waals surface area contributed by atoms with E-state index in [9.17, 15) is 0 Å². The molecule has 1 nitrogen and oxygen atoms in total. The second kappa shape index (κ2) is 4.81. The van der Waals surface area contributed by atoms with Crippen LogP contribution in [0.5, 0.6) is 0 Å². The number of benzene rings is 1. The van der Waals surface area contributed by atoms with Crippen LogP contribution in [0.25, 0.3) is 0 Å². The molecule has 1 aromatic rings. The van der Waals surface area contributed by atoms with Gasteiger partial charge in [0.25, 0.3) is 0 Å². The Kier molecular flexibility index (Phi) is 3.97.